The van der Waals surface area contributed by atoms with Gasteiger partial charge in [-0.05, 0) is 45.2 Å². The molecule has 20 heavy (non-hydrogen) atoms. The fourth-order valence-electron chi connectivity index (χ4n) is 3.27. The molecule has 0 bridgehead atoms. The molecule has 2 aliphatic heterocycles. The first kappa shape index (κ1) is 15.1. The molecule has 6 heteroatoms. The number of carboxylic acids is 1. The predicted molar refractivity (Wildman–Crippen MR) is 73.5 cm³/mol. The Morgan fingerprint density at radius 1 is 1.05 bits per heavy atom. The standard InChI is InChI=1S/C14H24N2O4/c1-20-14(19)16-7-2-3-12(6-10-16)15-8-4-11(5-9-15)13(17)18/h11-12H,2-10H2,1H3,(H,17,18)/t12-/m0/s1. The van der Waals surface area contributed by atoms with E-state index < -0.39 is 5.97 Å². The molecule has 0 unspecified atom stereocenters. The fourth-order valence-corrected chi connectivity index (χ4v) is 3.27. The maximum absolute atomic E-state index is 11.5. The van der Waals surface area contributed by atoms with Crippen LogP contribution in [0.3, 0.4) is 0 Å². The lowest BCUT2D eigenvalue weighted by Gasteiger charge is -2.36. The van der Waals surface area contributed by atoms with E-state index in [2.05, 4.69) is 4.90 Å². The van der Waals surface area contributed by atoms with Gasteiger partial charge in [-0.15, -0.1) is 0 Å². The van der Waals surface area contributed by atoms with Crippen LogP contribution in [0, 0.1) is 5.92 Å². The number of hydrogen-bond donors (Lipinski definition) is 1. The summed E-state index contributed by atoms with van der Waals surface area (Å²) in [6, 6.07) is 0.472. The highest BCUT2D eigenvalue weighted by molar-refractivity contribution is 5.70. The maximum Gasteiger partial charge on any atom is 0.409 e. The quantitative estimate of drug-likeness (QED) is 0.830. The molecule has 2 fully saturated rings. The van der Waals surface area contributed by atoms with Crippen LogP contribution in [-0.4, -0.2) is 66.3 Å². The van der Waals surface area contributed by atoms with Crippen LogP contribution in [0.25, 0.3) is 0 Å². The number of hydrogen-bond acceptors (Lipinski definition) is 4. The molecule has 0 saturated carbocycles. The van der Waals surface area contributed by atoms with Crippen LogP contribution >= 0.6 is 0 Å². The van der Waals surface area contributed by atoms with Gasteiger partial charge in [-0.25, -0.2) is 4.79 Å². The first-order valence-electron chi connectivity index (χ1n) is 7.41. The van der Waals surface area contributed by atoms with Crippen LogP contribution in [0.2, 0.25) is 0 Å². The average Bonchev–Trinajstić information content (AvgIpc) is 2.72. The van der Waals surface area contributed by atoms with E-state index in [1.165, 1.54) is 7.11 Å². The van der Waals surface area contributed by atoms with Gasteiger partial charge in [-0.3, -0.25) is 4.79 Å². The summed E-state index contributed by atoms with van der Waals surface area (Å²) < 4.78 is 4.77. The topological polar surface area (TPSA) is 70.1 Å². The molecule has 1 N–H and O–H groups in total. The third-order valence-corrected chi connectivity index (χ3v) is 4.53. The van der Waals surface area contributed by atoms with Gasteiger partial charge in [0.1, 0.15) is 0 Å². The van der Waals surface area contributed by atoms with Gasteiger partial charge in [0.05, 0.1) is 13.0 Å². The van der Waals surface area contributed by atoms with E-state index in [0.717, 1.165) is 58.3 Å². The summed E-state index contributed by atoms with van der Waals surface area (Å²) >= 11 is 0. The summed E-state index contributed by atoms with van der Waals surface area (Å²) in [4.78, 5) is 26.7. The Hall–Kier alpha value is -1.30. The lowest BCUT2D eigenvalue weighted by atomic mass is 9.94. The summed E-state index contributed by atoms with van der Waals surface area (Å²) in [6.45, 7) is 3.21. The van der Waals surface area contributed by atoms with Crippen molar-refractivity contribution in [1.29, 1.82) is 0 Å². The fraction of sp³-hybridized carbons (Fsp3) is 0.857. The van der Waals surface area contributed by atoms with Crippen LogP contribution in [0.15, 0.2) is 0 Å². The molecule has 0 spiro atoms. The van der Waals surface area contributed by atoms with Crippen LogP contribution in [-0.2, 0) is 9.53 Å². The number of carbonyl (C=O) groups excluding carboxylic acids is 1. The molecule has 0 aliphatic carbocycles. The summed E-state index contributed by atoms with van der Waals surface area (Å²) in [5.74, 6) is -0.842. The van der Waals surface area contributed by atoms with Crippen molar-refractivity contribution in [3.05, 3.63) is 0 Å². The minimum Gasteiger partial charge on any atom is -0.481 e. The molecule has 1 atom stereocenters. The summed E-state index contributed by atoms with van der Waals surface area (Å²) in [6.07, 6.45) is 4.26. The monoisotopic (exact) mass is 284 g/mol. The number of likely N-dealkylation sites (tertiary alicyclic amines) is 2. The SMILES string of the molecule is COC(=O)N1CCC[C@H](N2CCC(C(=O)O)CC2)CC1. The second kappa shape index (κ2) is 6.92. The second-order valence-electron chi connectivity index (χ2n) is 5.69. The molecule has 2 saturated heterocycles. The average molecular weight is 284 g/mol. The lowest BCUT2D eigenvalue weighted by molar-refractivity contribution is -0.143. The number of carboxylic acid groups (broad SMARTS) is 1. The van der Waals surface area contributed by atoms with E-state index in [4.69, 9.17) is 9.84 Å². The van der Waals surface area contributed by atoms with Crippen LogP contribution in [0.5, 0.6) is 0 Å². The summed E-state index contributed by atoms with van der Waals surface area (Å²) in [5.41, 5.74) is 0. The smallest absolute Gasteiger partial charge is 0.409 e. The highest BCUT2D eigenvalue weighted by Gasteiger charge is 2.30. The van der Waals surface area contributed by atoms with Gasteiger partial charge < -0.3 is 19.6 Å². The lowest BCUT2D eigenvalue weighted by Crippen LogP contribution is -2.43. The van der Waals surface area contributed by atoms with Crippen molar-refractivity contribution in [2.75, 3.05) is 33.3 Å². The number of carbonyl (C=O) groups is 2. The molecule has 0 radical (unpaired) electrons. The largest absolute Gasteiger partial charge is 0.481 e. The van der Waals surface area contributed by atoms with Crippen LogP contribution in [0.1, 0.15) is 32.1 Å². The molecule has 114 valence electrons. The van der Waals surface area contributed by atoms with Crippen LogP contribution < -0.4 is 0 Å². The van der Waals surface area contributed by atoms with Crippen molar-refractivity contribution in [3.8, 4) is 0 Å². The van der Waals surface area contributed by atoms with Gasteiger partial charge >= 0.3 is 12.1 Å². The zero-order valence-corrected chi connectivity index (χ0v) is 12.1. The van der Waals surface area contributed by atoms with E-state index in [-0.39, 0.29) is 12.0 Å². The predicted octanol–water partition coefficient (Wildman–Crippen LogP) is 1.40. The molecule has 2 aliphatic rings. The van der Waals surface area contributed by atoms with Crippen molar-refractivity contribution < 1.29 is 19.4 Å². The summed E-state index contributed by atoms with van der Waals surface area (Å²) in [7, 11) is 1.42. The molecular formula is C14H24N2O4. The van der Waals surface area contributed by atoms with Crippen molar-refractivity contribution >= 4 is 12.1 Å². The van der Waals surface area contributed by atoms with E-state index >= 15 is 0 Å². The minimum absolute atomic E-state index is 0.177. The van der Waals surface area contributed by atoms with Crippen molar-refractivity contribution in [2.45, 2.75) is 38.1 Å². The molecule has 2 rings (SSSR count). The maximum atomic E-state index is 11.5. The number of piperidine rings is 1. The number of rotatable bonds is 2. The normalized spacial score (nSPS) is 26.1. The number of nitrogens with zero attached hydrogens (tertiary/aromatic N) is 2. The molecule has 0 aromatic heterocycles. The molecular weight excluding hydrogens is 260 g/mol. The van der Waals surface area contributed by atoms with Crippen molar-refractivity contribution in [1.82, 2.24) is 9.80 Å². The first-order chi connectivity index (χ1) is 9.61. The molecule has 6 nitrogen and oxygen atoms in total. The Balaban J connectivity index is 1.82. The van der Waals surface area contributed by atoms with Crippen molar-refractivity contribution in [3.63, 3.8) is 0 Å². The molecule has 1 amide bonds. The zero-order valence-electron chi connectivity index (χ0n) is 12.1. The van der Waals surface area contributed by atoms with Crippen molar-refractivity contribution in [2.24, 2.45) is 5.92 Å². The number of ether oxygens (including phenoxy) is 1. The van der Waals surface area contributed by atoms with E-state index in [1.807, 2.05) is 0 Å². The molecule has 2 heterocycles. The second-order valence-corrected chi connectivity index (χ2v) is 5.69. The van der Waals surface area contributed by atoms with Gasteiger partial charge in [0, 0.05) is 19.1 Å². The highest BCUT2D eigenvalue weighted by atomic mass is 16.5. The Bertz CT molecular complexity index is 353. The van der Waals surface area contributed by atoms with E-state index in [0.29, 0.717) is 6.04 Å². The Morgan fingerprint density at radius 2 is 1.75 bits per heavy atom. The Kier molecular flexibility index (Phi) is 5.23. The van der Waals surface area contributed by atoms with Gasteiger partial charge in [-0.1, -0.05) is 0 Å². The Morgan fingerprint density at radius 3 is 2.35 bits per heavy atom. The van der Waals surface area contributed by atoms with Gasteiger partial charge in [0.2, 0.25) is 0 Å². The molecule has 0 aromatic carbocycles. The highest BCUT2D eigenvalue weighted by Crippen LogP contribution is 2.24. The van der Waals surface area contributed by atoms with Gasteiger partial charge in [-0.2, -0.15) is 0 Å². The third kappa shape index (κ3) is 3.62. The Labute approximate surface area is 119 Å². The number of amides is 1. The zero-order chi connectivity index (χ0) is 14.5. The first-order valence-corrected chi connectivity index (χ1v) is 7.41. The number of methoxy groups -OCH3 is 1. The minimum atomic E-state index is -0.664. The van der Waals surface area contributed by atoms with Gasteiger partial charge in [0.15, 0.2) is 0 Å². The summed E-state index contributed by atoms with van der Waals surface area (Å²) in [5, 5.41) is 9.03. The van der Waals surface area contributed by atoms with E-state index in [9.17, 15) is 9.59 Å². The van der Waals surface area contributed by atoms with Gasteiger partial charge in [0.25, 0.3) is 0 Å². The third-order valence-electron chi connectivity index (χ3n) is 4.53. The van der Waals surface area contributed by atoms with Crippen LogP contribution in [0.4, 0.5) is 4.79 Å². The molecule has 0 aromatic rings. The number of aliphatic carboxylic acids is 1. The van der Waals surface area contributed by atoms with E-state index in [1.54, 1.807) is 4.90 Å².